The Morgan fingerprint density at radius 2 is 2.00 bits per heavy atom. The van der Waals surface area contributed by atoms with Crippen LogP contribution in [0.25, 0.3) is 0 Å². The van der Waals surface area contributed by atoms with Gasteiger partial charge < -0.3 is 10.2 Å². The molecule has 1 N–H and O–H groups in total. The first kappa shape index (κ1) is 23.8. The number of hydrogen-bond acceptors (Lipinski definition) is 6. The molecule has 30 heavy (non-hydrogen) atoms. The number of aromatic nitrogens is 1. The van der Waals surface area contributed by atoms with Crippen molar-refractivity contribution in [3.63, 3.8) is 0 Å². The van der Waals surface area contributed by atoms with Crippen LogP contribution in [0, 0.1) is 10.1 Å². The molecule has 10 heteroatoms. The lowest BCUT2D eigenvalue weighted by atomic mass is 10.1. The van der Waals surface area contributed by atoms with Gasteiger partial charge in [-0.05, 0) is 25.0 Å². The third-order valence-corrected chi connectivity index (χ3v) is 5.54. The van der Waals surface area contributed by atoms with Gasteiger partial charge in [0, 0.05) is 30.1 Å². The number of unbranched alkanes of at least 4 members (excludes halogenated alkanes) is 2. The zero-order valence-corrected chi connectivity index (χ0v) is 18.6. The maximum atomic E-state index is 13.0. The molecule has 1 aromatic carbocycles. The summed E-state index contributed by atoms with van der Waals surface area (Å²) in [5.74, 6) is -0.571. The number of rotatable bonds is 11. The van der Waals surface area contributed by atoms with Gasteiger partial charge in [0.15, 0.2) is 0 Å². The number of carbonyl (C=O) groups excluding carboxylic acids is 2. The molecule has 0 atom stereocenters. The highest BCUT2D eigenvalue weighted by molar-refractivity contribution is 7.09. The van der Waals surface area contributed by atoms with Gasteiger partial charge in [-0.25, -0.2) is 4.98 Å². The van der Waals surface area contributed by atoms with Gasteiger partial charge in [-0.15, -0.1) is 11.3 Å². The van der Waals surface area contributed by atoms with Crippen LogP contribution in [-0.2, 0) is 6.54 Å². The number of nitro groups is 1. The van der Waals surface area contributed by atoms with E-state index < -0.39 is 4.92 Å². The molecule has 0 saturated carbocycles. The van der Waals surface area contributed by atoms with E-state index >= 15 is 0 Å². The van der Waals surface area contributed by atoms with Gasteiger partial charge in [-0.2, -0.15) is 0 Å². The number of thiazole rings is 1. The molecule has 0 aliphatic rings. The second kappa shape index (κ2) is 11.6. The van der Waals surface area contributed by atoms with Crippen LogP contribution in [0.4, 0.5) is 5.69 Å². The van der Waals surface area contributed by atoms with Crippen LogP contribution >= 0.6 is 22.9 Å². The Morgan fingerprint density at radius 1 is 1.27 bits per heavy atom. The summed E-state index contributed by atoms with van der Waals surface area (Å²) in [6.45, 7) is 5.35. The van der Waals surface area contributed by atoms with Crippen LogP contribution in [-0.4, -0.2) is 39.7 Å². The summed E-state index contributed by atoms with van der Waals surface area (Å²) in [6, 6.07) is 4.02. The zero-order valence-electron chi connectivity index (χ0n) is 17.0. The summed E-state index contributed by atoms with van der Waals surface area (Å²) in [7, 11) is 0. The summed E-state index contributed by atoms with van der Waals surface area (Å²) in [5.41, 5.74) is 0.214. The Hall–Kier alpha value is -2.52. The number of nitrogens with one attached hydrogen (secondary N) is 1. The van der Waals surface area contributed by atoms with Crippen molar-refractivity contribution < 1.29 is 14.5 Å². The van der Waals surface area contributed by atoms with Gasteiger partial charge in [0.05, 0.1) is 11.5 Å². The van der Waals surface area contributed by atoms with Crippen molar-refractivity contribution in [3.8, 4) is 0 Å². The average molecular weight is 453 g/mol. The van der Waals surface area contributed by atoms with E-state index in [0.29, 0.717) is 23.8 Å². The molecule has 2 rings (SSSR count). The quantitative estimate of drug-likeness (QED) is 0.303. The average Bonchev–Trinajstić information content (AvgIpc) is 3.19. The first-order valence-electron chi connectivity index (χ1n) is 9.83. The lowest BCUT2D eigenvalue weighted by Gasteiger charge is -2.21. The van der Waals surface area contributed by atoms with E-state index in [1.54, 1.807) is 10.3 Å². The molecule has 1 heterocycles. The fraction of sp³-hybridized carbons (Fsp3) is 0.450. The maximum Gasteiger partial charge on any atom is 0.288 e. The molecule has 0 unspecified atom stereocenters. The van der Waals surface area contributed by atoms with Crippen LogP contribution in [0.2, 0.25) is 5.02 Å². The molecule has 0 spiro atoms. The molecule has 2 aromatic rings. The molecule has 0 radical (unpaired) electrons. The zero-order chi connectivity index (χ0) is 22.1. The molecule has 0 fully saturated rings. The fourth-order valence-corrected chi connectivity index (χ4v) is 3.67. The van der Waals surface area contributed by atoms with Crippen molar-refractivity contribution in [2.24, 2.45) is 0 Å². The molecular weight excluding hydrogens is 428 g/mol. The molecule has 162 valence electrons. The molecule has 8 nitrogen and oxygen atoms in total. The largest absolute Gasteiger partial charge is 0.351 e. The third-order valence-electron chi connectivity index (χ3n) is 4.38. The lowest BCUT2D eigenvalue weighted by molar-refractivity contribution is -0.384. The SMILES string of the molecule is CCCCNC(=O)c1csc(CN(CCCC)C(=O)c2ccc(Cl)c([N+](=O)[O-])c2)n1. The Bertz CT molecular complexity index is 903. The van der Waals surface area contributed by atoms with E-state index in [4.69, 9.17) is 11.6 Å². The summed E-state index contributed by atoms with van der Waals surface area (Å²) >= 11 is 7.16. The highest BCUT2D eigenvalue weighted by Gasteiger charge is 2.22. The second-order valence-electron chi connectivity index (χ2n) is 6.74. The lowest BCUT2D eigenvalue weighted by Crippen LogP contribution is -2.31. The van der Waals surface area contributed by atoms with Crippen molar-refractivity contribution in [2.45, 2.75) is 46.1 Å². The molecule has 0 aliphatic heterocycles. The minimum absolute atomic E-state index is 0.0182. The van der Waals surface area contributed by atoms with Gasteiger partial charge in [0.2, 0.25) is 0 Å². The van der Waals surface area contributed by atoms with E-state index in [2.05, 4.69) is 10.3 Å². The van der Waals surface area contributed by atoms with Crippen LogP contribution in [0.3, 0.4) is 0 Å². The van der Waals surface area contributed by atoms with E-state index in [9.17, 15) is 19.7 Å². The minimum Gasteiger partial charge on any atom is -0.351 e. The Kier molecular flexibility index (Phi) is 9.19. The molecular formula is C20H25ClN4O4S. The van der Waals surface area contributed by atoms with E-state index in [-0.39, 0.29) is 34.6 Å². The van der Waals surface area contributed by atoms with Crippen molar-refractivity contribution in [1.29, 1.82) is 0 Å². The minimum atomic E-state index is -0.611. The second-order valence-corrected chi connectivity index (χ2v) is 8.09. The van der Waals surface area contributed by atoms with Crippen molar-refractivity contribution in [1.82, 2.24) is 15.2 Å². The number of hydrogen-bond donors (Lipinski definition) is 1. The molecule has 0 saturated heterocycles. The summed E-state index contributed by atoms with van der Waals surface area (Å²) in [5, 5.41) is 16.2. The maximum absolute atomic E-state index is 13.0. The predicted molar refractivity (Wildman–Crippen MR) is 117 cm³/mol. The van der Waals surface area contributed by atoms with Crippen molar-refractivity contribution >= 4 is 40.4 Å². The van der Waals surface area contributed by atoms with Gasteiger partial charge in [0.25, 0.3) is 17.5 Å². The molecule has 0 bridgehead atoms. The monoisotopic (exact) mass is 452 g/mol. The van der Waals surface area contributed by atoms with Crippen LogP contribution in [0.5, 0.6) is 0 Å². The Balaban J connectivity index is 2.16. The summed E-state index contributed by atoms with van der Waals surface area (Å²) in [4.78, 5) is 41.6. The normalized spacial score (nSPS) is 10.6. The molecule has 2 amide bonds. The van der Waals surface area contributed by atoms with Gasteiger partial charge in [-0.1, -0.05) is 38.3 Å². The fourth-order valence-electron chi connectivity index (χ4n) is 2.69. The smallest absolute Gasteiger partial charge is 0.288 e. The Morgan fingerprint density at radius 3 is 2.67 bits per heavy atom. The van der Waals surface area contributed by atoms with Crippen LogP contribution in [0.1, 0.15) is 65.4 Å². The van der Waals surface area contributed by atoms with Gasteiger partial charge in [-0.3, -0.25) is 19.7 Å². The molecule has 1 aromatic heterocycles. The van der Waals surface area contributed by atoms with Crippen LogP contribution < -0.4 is 5.32 Å². The third kappa shape index (κ3) is 6.50. The number of carbonyl (C=O) groups is 2. The first-order chi connectivity index (χ1) is 14.4. The van der Waals surface area contributed by atoms with Crippen molar-refractivity contribution in [3.05, 3.63) is 55.0 Å². The number of halogens is 1. The number of nitro benzene ring substituents is 1. The first-order valence-corrected chi connectivity index (χ1v) is 11.1. The Labute approximate surface area is 184 Å². The van der Waals surface area contributed by atoms with Crippen molar-refractivity contribution in [2.75, 3.05) is 13.1 Å². The van der Waals surface area contributed by atoms with E-state index in [1.165, 1.54) is 29.5 Å². The standard InChI is InChI=1S/C20H25ClN4O4S/c1-3-5-9-22-19(26)16-13-30-18(23-16)12-24(10-6-4-2)20(27)14-7-8-15(21)17(11-14)25(28)29/h7-8,11,13H,3-6,9-10,12H2,1-2H3,(H,22,26). The highest BCUT2D eigenvalue weighted by atomic mass is 35.5. The van der Waals surface area contributed by atoms with Gasteiger partial charge in [0.1, 0.15) is 15.7 Å². The number of nitrogens with zero attached hydrogens (tertiary/aromatic N) is 3. The van der Waals surface area contributed by atoms with E-state index in [1.807, 2.05) is 13.8 Å². The number of amides is 2. The highest BCUT2D eigenvalue weighted by Crippen LogP contribution is 2.26. The summed E-state index contributed by atoms with van der Waals surface area (Å²) < 4.78 is 0. The number of benzene rings is 1. The predicted octanol–water partition coefficient (Wildman–Crippen LogP) is 4.68. The van der Waals surface area contributed by atoms with Gasteiger partial charge >= 0.3 is 0 Å². The topological polar surface area (TPSA) is 105 Å². The van der Waals surface area contributed by atoms with E-state index in [0.717, 1.165) is 25.7 Å². The molecule has 0 aliphatic carbocycles. The van der Waals surface area contributed by atoms with Crippen LogP contribution in [0.15, 0.2) is 23.6 Å². The summed E-state index contributed by atoms with van der Waals surface area (Å²) in [6.07, 6.45) is 3.54.